The van der Waals surface area contributed by atoms with Crippen LogP contribution in [0.2, 0.25) is 5.02 Å². The maximum absolute atomic E-state index is 13.1. The van der Waals surface area contributed by atoms with Gasteiger partial charge in [-0.2, -0.15) is 0 Å². The number of carbonyl (C=O) groups excluding carboxylic acids is 2. The fourth-order valence-corrected chi connectivity index (χ4v) is 4.09. The molecule has 10 heteroatoms. The molecule has 0 aliphatic carbocycles. The van der Waals surface area contributed by atoms with Crippen molar-refractivity contribution in [3.05, 3.63) is 82.6 Å². The molecule has 0 aliphatic heterocycles. The van der Waals surface area contributed by atoms with E-state index < -0.39 is 21.7 Å². The van der Waals surface area contributed by atoms with Gasteiger partial charge in [0, 0.05) is 23.9 Å². The maximum Gasteiger partial charge on any atom is 0.261 e. The van der Waals surface area contributed by atoms with Gasteiger partial charge in [-0.15, -0.1) is 0 Å². The van der Waals surface area contributed by atoms with E-state index in [2.05, 4.69) is 15.4 Å². The van der Waals surface area contributed by atoms with Crippen LogP contribution in [0.3, 0.4) is 0 Å². The average molecular weight is 476 g/mol. The van der Waals surface area contributed by atoms with Gasteiger partial charge in [0.1, 0.15) is 5.82 Å². The van der Waals surface area contributed by atoms with Gasteiger partial charge in [-0.25, -0.2) is 12.8 Å². The lowest BCUT2D eigenvalue weighted by molar-refractivity contribution is -0.114. The molecule has 0 spiro atoms. The van der Waals surface area contributed by atoms with E-state index in [0.717, 1.165) is 12.1 Å². The molecule has 0 saturated carbocycles. The van der Waals surface area contributed by atoms with Gasteiger partial charge in [-0.05, 0) is 67.1 Å². The van der Waals surface area contributed by atoms with Crippen LogP contribution >= 0.6 is 11.6 Å². The summed E-state index contributed by atoms with van der Waals surface area (Å²) < 4.78 is 40.9. The summed E-state index contributed by atoms with van der Waals surface area (Å²) >= 11 is 6.15. The van der Waals surface area contributed by atoms with Gasteiger partial charge >= 0.3 is 0 Å². The molecule has 7 nitrogen and oxygen atoms in total. The minimum absolute atomic E-state index is 0.118. The first-order valence-electron chi connectivity index (χ1n) is 9.33. The van der Waals surface area contributed by atoms with Crippen molar-refractivity contribution in [2.75, 3.05) is 15.4 Å². The topological polar surface area (TPSA) is 104 Å². The summed E-state index contributed by atoms with van der Waals surface area (Å²) in [6.45, 7) is 3.01. The summed E-state index contributed by atoms with van der Waals surface area (Å²) in [5.41, 5.74) is 1.53. The van der Waals surface area contributed by atoms with E-state index in [0.29, 0.717) is 11.3 Å². The van der Waals surface area contributed by atoms with E-state index in [1.807, 2.05) is 0 Å². The number of rotatable bonds is 6. The van der Waals surface area contributed by atoms with Gasteiger partial charge in [-0.3, -0.25) is 14.3 Å². The summed E-state index contributed by atoms with van der Waals surface area (Å²) in [6, 6.07) is 13.5. The molecular weight excluding hydrogens is 457 g/mol. The van der Waals surface area contributed by atoms with E-state index in [1.165, 1.54) is 49.4 Å². The first kappa shape index (κ1) is 23.2. The van der Waals surface area contributed by atoms with Gasteiger partial charge in [0.15, 0.2) is 0 Å². The van der Waals surface area contributed by atoms with Crippen molar-refractivity contribution < 1.29 is 22.4 Å². The van der Waals surface area contributed by atoms with Gasteiger partial charge < -0.3 is 10.6 Å². The first-order valence-corrected chi connectivity index (χ1v) is 11.2. The van der Waals surface area contributed by atoms with Gasteiger partial charge in [0.05, 0.1) is 15.6 Å². The summed E-state index contributed by atoms with van der Waals surface area (Å²) in [4.78, 5) is 24.0. The zero-order valence-electron chi connectivity index (χ0n) is 17.1. The number of aryl methyl sites for hydroxylation is 1. The second-order valence-corrected chi connectivity index (χ2v) is 9.01. The van der Waals surface area contributed by atoms with Crippen molar-refractivity contribution >= 4 is 50.5 Å². The lowest BCUT2D eigenvalue weighted by Gasteiger charge is -2.13. The van der Waals surface area contributed by atoms with E-state index in [4.69, 9.17) is 11.6 Å². The highest BCUT2D eigenvalue weighted by atomic mass is 35.5. The molecule has 3 rings (SSSR count). The number of amides is 2. The van der Waals surface area contributed by atoms with Crippen molar-refractivity contribution in [3.8, 4) is 0 Å². The first-order chi connectivity index (χ1) is 15.0. The lowest BCUT2D eigenvalue weighted by Crippen LogP contribution is -2.17. The van der Waals surface area contributed by atoms with Crippen LogP contribution in [0.15, 0.2) is 65.6 Å². The Morgan fingerprint density at radius 1 is 0.906 bits per heavy atom. The minimum atomic E-state index is -4.03. The Morgan fingerprint density at radius 3 is 2.22 bits per heavy atom. The number of hydrogen-bond donors (Lipinski definition) is 3. The second kappa shape index (κ2) is 9.37. The zero-order chi connectivity index (χ0) is 23.5. The zero-order valence-corrected chi connectivity index (χ0v) is 18.6. The molecule has 3 N–H and O–H groups in total. The van der Waals surface area contributed by atoms with Crippen LogP contribution in [-0.2, 0) is 14.8 Å². The van der Waals surface area contributed by atoms with E-state index >= 15 is 0 Å². The Labute approximate surface area is 189 Å². The standard InChI is InChI=1S/C22H19ClFN3O4S/c1-13-3-9-18(32(30,31)27-16-6-4-15(24)5-7-16)12-19(13)22(29)26-21-11-17(25-14(2)28)8-10-20(21)23/h3-12,27H,1-2H3,(H,25,28)(H,26,29). The van der Waals surface area contributed by atoms with Gasteiger partial charge in [-0.1, -0.05) is 17.7 Å². The molecule has 3 aromatic rings. The Morgan fingerprint density at radius 2 is 1.56 bits per heavy atom. The average Bonchev–Trinajstić information content (AvgIpc) is 2.71. The SMILES string of the molecule is CC(=O)Nc1ccc(Cl)c(NC(=O)c2cc(S(=O)(=O)Nc3ccc(F)cc3)ccc2C)c1. The largest absolute Gasteiger partial charge is 0.326 e. The molecule has 32 heavy (non-hydrogen) atoms. The second-order valence-electron chi connectivity index (χ2n) is 6.92. The van der Waals surface area contributed by atoms with E-state index in [-0.39, 0.29) is 32.8 Å². The summed E-state index contributed by atoms with van der Waals surface area (Å²) in [6.07, 6.45) is 0. The van der Waals surface area contributed by atoms with E-state index in [9.17, 15) is 22.4 Å². The number of hydrogen-bond acceptors (Lipinski definition) is 4. The van der Waals surface area contributed by atoms with E-state index in [1.54, 1.807) is 13.0 Å². The molecule has 0 heterocycles. The highest BCUT2D eigenvalue weighted by Gasteiger charge is 2.19. The fourth-order valence-electron chi connectivity index (χ4n) is 2.84. The molecule has 0 fully saturated rings. The highest BCUT2D eigenvalue weighted by Crippen LogP contribution is 2.27. The quantitative estimate of drug-likeness (QED) is 0.476. The number of benzene rings is 3. The van der Waals surface area contributed by atoms with Crippen molar-refractivity contribution in [1.82, 2.24) is 0 Å². The molecule has 0 atom stereocenters. The van der Waals surface area contributed by atoms with Gasteiger partial charge in [0.2, 0.25) is 5.91 Å². The van der Waals surface area contributed by atoms with Crippen LogP contribution in [0.25, 0.3) is 0 Å². The molecule has 0 bridgehead atoms. The smallest absolute Gasteiger partial charge is 0.261 e. The molecule has 3 aromatic carbocycles. The van der Waals surface area contributed by atoms with Crippen LogP contribution in [0.4, 0.5) is 21.5 Å². The van der Waals surface area contributed by atoms with Crippen LogP contribution < -0.4 is 15.4 Å². The van der Waals surface area contributed by atoms with Crippen LogP contribution in [-0.4, -0.2) is 20.2 Å². The molecule has 0 radical (unpaired) electrons. The van der Waals surface area contributed by atoms with Crippen molar-refractivity contribution in [2.45, 2.75) is 18.7 Å². The number of carbonyl (C=O) groups is 2. The van der Waals surface area contributed by atoms with Crippen molar-refractivity contribution in [1.29, 1.82) is 0 Å². The third-order valence-corrected chi connectivity index (χ3v) is 6.10. The Bertz CT molecular complexity index is 1300. The molecular formula is C22H19ClFN3O4S. The molecule has 0 unspecified atom stereocenters. The van der Waals surface area contributed by atoms with Crippen molar-refractivity contribution in [3.63, 3.8) is 0 Å². The number of sulfonamides is 1. The van der Waals surface area contributed by atoms with Crippen LogP contribution in [0, 0.1) is 12.7 Å². The summed E-state index contributed by atoms with van der Waals surface area (Å²) in [5, 5.41) is 5.47. The Hall–Kier alpha value is -3.43. The van der Waals surface area contributed by atoms with Crippen LogP contribution in [0.1, 0.15) is 22.8 Å². The lowest BCUT2D eigenvalue weighted by atomic mass is 10.1. The number of halogens is 2. The normalized spacial score (nSPS) is 11.0. The number of anilines is 3. The monoisotopic (exact) mass is 475 g/mol. The third-order valence-electron chi connectivity index (χ3n) is 4.40. The number of nitrogens with one attached hydrogen (secondary N) is 3. The predicted molar refractivity (Wildman–Crippen MR) is 122 cm³/mol. The summed E-state index contributed by atoms with van der Waals surface area (Å²) in [5.74, 6) is -1.36. The molecule has 0 saturated heterocycles. The molecule has 0 aliphatic rings. The van der Waals surface area contributed by atoms with Crippen molar-refractivity contribution in [2.24, 2.45) is 0 Å². The minimum Gasteiger partial charge on any atom is -0.326 e. The van der Waals surface area contributed by atoms with Gasteiger partial charge in [0.25, 0.3) is 15.9 Å². The molecule has 166 valence electrons. The fraction of sp³-hybridized carbons (Fsp3) is 0.0909. The highest BCUT2D eigenvalue weighted by molar-refractivity contribution is 7.92. The predicted octanol–water partition coefficient (Wildman–Crippen LogP) is 4.80. The third kappa shape index (κ3) is 5.63. The molecule has 0 aromatic heterocycles. The van der Waals surface area contributed by atoms with Crippen LogP contribution in [0.5, 0.6) is 0 Å². The summed E-state index contributed by atoms with van der Waals surface area (Å²) in [7, 11) is -4.03. The Balaban J connectivity index is 1.87. The maximum atomic E-state index is 13.1. The molecule has 2 amide bonds. The Kier molecular flexibility index (Phi) is 6.81.